The molecule has 0 spiro atoms. The summed E-state index contributed by atoms with van der Waals surface area (Å²) in [7, 11) is 1.58. The van der Waals surface area contributed by atoms with Crippen molar-refractivity contribution in [2.45, 2.75) is 118 Å². The van der Waals surface area contributed by atoms with Gasteiger partial charge < -0.3 is 4.74 Å². The number of hydrogen-bond donors (Lipinski definition) is 0. The minimum atomic E-state index is -1.63. The van der Waals surface area contributed by atoms with Gasteiger partial charge in [-0.2, -0.15) is 4.21 Å². The number of ether oxygens (including phenoxy) is 1. The first-order valence-corrected chi connectivity index (χ1v) is 15.7. The summed E-state index contributed by atoms with van der Waals surface area (Å²) in [5.41, 5.74) is 1.65. The van der Waals surface area contributed by atoms with Crippen LogP contribution < -0.4 is 0 Å². The Hall–Kier alpha value is -0.720. The summed E-state index contributed by atoms with van der Waals surface area (Å²) in [5.74, 6) is 1.31. The molecule has 37 heavy (non-hydrogen) atoms. The van der Waals surface area contributed by atoms with Gasteiger partial charge in [0.05, 0.1) is 12.5 Å². The van der Waals surface area contributed by atoms with E-state index in [0.29, 0.717) is 11.8 Å². The fourth-order valence-corrected chi connectivity index (χ4v) is 12.3. The van der Waals surface area contributed by atoms with Gasteiger partial charge in [-0.3, -0.25) is 13.2 Å². The zero-order valence-electron chi connectivity index (χ0n) is 24.3. The SMILES string of the molecule is COC(=O)[C@]12CCC(C)(C)C[C@H]1C1=CC[C@@H]3[C@@]4(C)C[C@H]5O[S@@](=O)O[C@@H]5C(C)(C)[C@@H]4CC[C@@]3(C)[C@]1(C)CC2. The number of hydrogen-bond acceptors (Lipinski definition) is 5. The van der Waals surface area contributed by atoms with Gasteiger partial charge in [-0.25, -0.2) is 0 Å². The third kappa shape index (κ3) is 3.27. The highest BCUT2D eigenvalue weighted by atomic mass is 32.2. The maximum Gasteiger partial charge on any atom is 0.312 e. The first-order chi connectivity index (χ1) is 17.1. The second-order valence-electron chi connectivity index (χ2n) is 15.7. The van der Waals surface area contributed by atoms with Gasteiger partial charge in [-0.05, 0) is 103 Å². The van der Waals surface area contributed by atoms with E-state index in [1.54, 1.807) is 12.7 Å². The van der Waals surface area contributed by atoms with Gasteiger partial charge in [-0.1, -0.05) is 60.1 Å². The summed E-state index contributed by atoms with van der Waals surface area (Å²) in [4.78, 5) is 13.4. The van der Waals surface area contributed by atoms with Crippen molar-refractivity contribution in [1.29, 1.82) is 0 Å². The fraction of sp³-hybridized carbons (Fsp3) is 0.903. The molecule has 6 aliphatic rings. The number of carbonyl (C=O) groups excluding carboxylic acids is 1. The highest BCUT2D eigenvalue weighted by Gasteiger charge is 2.71. The fourth-order valence-electron chi connectivity index (χ4n) is 11.4. The van der Waals surface area contributed by atoms with Crippen LogP contribution in [0.1, 0.15) is 106 Å². The lowest BCUT2D eigenvalue weighted by Crippen LogP contribution is -2.66. The average Bonchev–Trinajstić information content (AvgIpc) is 3.19. The summed E-state index contributed by atoms with van der Waals surface area (Å²) < 4.78 is 29.6. The predicted octanol–water partition coefficient (Wildman–Crippen LogP) is 6.93. The van der Waals surface area contributed by atoms with Crippen LogP contribution in [0, 0.1) is 50.2 Å². The second kappa shape index (κ2) is 7.94. The minimum absolute atomic E-state index is 0.0188. The van der Waals surface area contributed by atoms with Crippen LogP contribution >= 0.6 is 0 Å². The Morgan fingerprint density at radius 2 is 1.65 bits per heavy atom. The van der Waals surface area contributed by atoms with E-state index in [1.165, 1.54) is 6.42 Å². The van der Waals surface area contributed by atoms with Crippen molar-refractivity contribution in [3.05, 3.63) is 11.6 Å². The number of carbonyl (C=O) groups is 1. The van der Waals surface area contributed by atoms with Gasteiger partial charge in [0.2, 0.25) is 0 Å². The molecule has 6 heteroatoms. The summed E-state index contributed by atoms with van der Waals surface area (Å²) in [6.45, 7) is 17.0. The van der Waals surface area contributed by atoms with Gasteiger partial charge >= 0.3 is 17.3 Å². The Balaban J connectivity index is 1.43. The minimum Gasteiger partial charge on any atom is -0.469 e. The first kappa shape index (κ1) is 26.5. The third-order valence-corrected chi connectivity index (χ3v) is 14.3. The summed E-state index contributed by atoms with van der Waals surface area (Å²) in [6, 6.07) is 0. The molecule has 1 aliphatic heterocycles. The normalized spacial score (nSPS) is 53.5. The summed E-state index contributed by atoms with van der Waals surface area (Å²) in [5, 5.41) is 0. The van der Waals surface area contributed by atoms with E-state index in [0.717, 1.165) is 51.4 Å². The molecule has 5 nitrogen and oxygen atoms in total. The quantitative estimate of drug-likeness (QED) is 0.271. The van der Waals surface area contributed by atoms with Gasteiger partial charge in [0.15, 0.2) is 0 Å². The van der Waals surface area contributed by atoms with Crippen molar-refractivity contribution in [2.24, 2.45) is 50.2 Å². The molecule has 4 saturated carbocycles. The molecule has 1 heterocycles. The van der Waals surface area contributed by atoms with Gasteiger partial charge in [-0.15, -0.1) is 0 Å². The van der Waals surface area contributed by atoms with Crippen LogP contribution in [0.25, 0.3) is 0 Å². The molecular formula is C31H48O5S. The van der Waals surface area contributed by atoms with Crippen LogP contribution in [0.4, 0.5) is 0 Å². The first-order valence-electron chi connectivity index (χ1n) is 14.7. The van der Waals surface area contributed by atoms with E-state index in [2.05, 4.69) is 54.5 Å². The maximum absolute atomic E-state index is 13.4. The van der Waals surface area contributed by atoms with Crippen LogP contribution in [-0.2, 0) is 29.3 Å². The van der Waals surface area contributed by atoms with E-state index < -0.39 is 11.4 Å². The Kier molecular flexibility index (Phi) is 5.68. The van der Waals surface area contributed by atoms with Crippen molar-refractivity contribution in [3.8, 4) is 0 Å². The van der Waals surface area contributed by atoms with Gasteiger partial charge in [0, 0.05) is 0 Å². The lowest BCUT2D eigenvalue weighted by atomic mass is 9.33. The highest BCUT2D eigenvalue weighted by Crippen LogP contribution is 2.76. The molecular weight excluding hydrogens is 484 g/mol. The molecule has 208 valence electrons. The molecule has 10 atom stereocenters. The van der Waals surface area contributed by atoms with Gasteiger partial charge in [0.25, 0.3) is 0 Å². The number of fused-ring (bicyclic) bond motifs is 8. The van der Waals surface area contributed by atoms with Crippen molar-refractivity contribution >= 4 is 17.3 Å². The Morgan fingerprint density at radius 3 is 2.35 bits per heavy atom. The highest BCUT2D eigenvalue weighted by molar-refractivity contribution is 7.75. The van der Waals surface area contributed by atoms with Crippen molar-refractivity contribution < 1.29 is 22.1 Å². The molecule has 0 unspecified atom stereocenters. The predicted molar refractivity (Wildman–Crippen MR) is 144 cm³/mol. The Bertz CT molecular complexity index is 1060. The van der Waals surface area contributed by atoms with Gasteiger partial charge in [0.1, 0.15) is 12.2 Å². The second-order valence-corrected chi connectivity index (χ2v) is 16.5. The molecule has 0 radical (unpaired) electrons. The number of allylic oxidation sites excluding steroid dienone is 2. The van der Waals surface area contributed by atoms with E-state index in [-0.39, 0.29) is 56.6 Å². The summed E-state index contributed by atoms with van der Waals surface area (Å²) >= 11 is -1.63. The average molecular weight is 533 g/mol. The zero-order valence-corrected chi connectivity index (χ0v) is 25.1. The number of rotatable bonds is 1. The van der Waals surface area contributed by atoms with Crippen LogP contribution in [0.2, 0.25) is 0 Å². The zero-order chi connectivity index (χ0) is 26.8. The lowest BCUT2D eigenvalue weighted by molar-refractivity contribution is -0.212. The molecule has 0 aromatic carbocycles. The maximum atomic E-state index is 13.4. The van der Waals surface area contributed by atoms with E-state index in [4.69, 9.17) is 13.1 Å². The van der Waals surface area contributed by atoms with E-state index in [1.807, 2.05) is 0 Å². The molecule has 1 saturated heterocycles. The molecule has 0 bridgehead atoms. The van der Waals surface area contributed by atoms with Crippen molar-refractivity contribution in [2.75, 3.05) is 7.11 Å². The van der Waals surface area contributed by atoms with Crippen LogP contribution in [0.5, 0.6) is 0 Å². The van der Waals surface area contributed by atoms with Crippen molar-refractivity contribution in [3.63, 3.8) is 0 Å². The largest absolute Gasteiger partial charge is 0.469 e. The lowest BCUT2D eigenvalue weighted by Gasteiger charge is -2.71. The number of methoxy groups -OCH3 is 1. The summed E-state index contributed by atoms with van der Waals surface area (Å²) in [6.07, 6.45) is 11.8. The monoisotopic (exact) mass is 532 g/mol. The molecule has 5 aliphatic carbocycles. The van der Waals surface area contributed by atoms with Crippen LogP contribution in [-0.4, -0.2) is 29.5 Å². The van der Waals surface area contributed by atoms with Crippen LogP contribution in [0.15, 0.2) is 11.6 Å². The Labute approximate surface area is 226 Å². The van der Waals surface area contributed by atoms with Crippen LogP contribution in [0.3, 0.4) is 0 Å². The molecule has 6 rings (SSSR count). The smallest absolute Gasteiger partial charge is 0.312 e. The molecule has 0 aromatic heterocycles. The van der Waals surface area contributed by atoms with E-state index >= 15 is 0 Å². The molecule has 0 amide bonds. The Morgan fingerprint density at radius 1 is 0.946 bits per heavy atom. The standard InChI is InChI=1S/C31H48O5S/c1-26(2)13-15-31(25(32)34-8)16-14-29(6)19(20(31)17-26)9-10-23-28(5)18-21-24(36-37(33)35-21)27(3,4)22(28)11-12-30(23,29)7/h9,20-24H,10-18H2,1-8H3/t20-,21+,22-,23+,24-,28-,29+,30+,31-,37+/m0/s1. The molecule has 5 fully saturated rings. The van der Waals surface area contributed by atoms with Crippen molar-refractivity contribution in [1.82, 2.24) is 0 Å². The number of esters is 1. The topological polar surface area (TPSA) is 61.8 Å². The third-order valence-electron chi connectivity index (χ3n) is 13.5. The molecule has 0 aromatic rings. The van der Waals surface area contributed by atoms with E-state index in [9.17, 15) is 9.00 Å². The molecule has 0 N–H and O–H groups in total.